The Morgan fingerprint density at radius 2 is 1.76 bits per heavy atom. The van der Waals surface area contributed by atoms with E-state index in [0.717, 1.165) is 10.0 Å². The number of benzene rings is 2. The van der Waals surface area contributed by atoms with Crippen LogP contribution < -0.4 is 5.32 Å². The molecular formula is C21H14BrCl2NO3S. The van der Waals surface area contributed by atoms with Gasteiger partial charge in [0.2, 0.25) is 5.91 Å². The van der Waals surface area contributed by atoms with Gasteiger partial charge in [-0.2, -0.15) is 0 Å². The summed E-state index contributed by atoms with van der Waals surface area (Å²) in [5.41, 5.74) is 2.37. The van der Waals surface area contributed by atoms with Gasteiger partial charge in [-0.25, -0.2) is 4.79 Å². The molecule has 4 nitrogen and oxygen atoms in total. The van der Waals surface area contributed by atoms with Gasteiger partial charge in [0.15, 0.2) is 0 Å². The molecule has 1 heterocycles. The molecule has 0 saturated heterocycles. The number of methoxy groups -OCH3 is 1. The van der Waals surface area contributed by atoms with Gasteiger partial charge in [-0.3, -0.25) is 4.79 Å². The molecule has 0 aliphatic rings. The predicted molar refractivity (Wildman–Crippen MR) is 123 cm³/mol. The number of carbonyl (C=O) groups excluding carboxylic acids is 2. The van der Waals surface area contributed by atoms with Crippen molar-refractivity contribution in [3.8, 4) is 11.1 Å². The molecule has 3 aromatic rings. The minimum Gasteiger partial charge on any atom is -0.465 e. The smallest absolute Gasteiger partial charge is 0.341 e. The zero-order chi connectivity index (χ0) is 21.0. The molecule has 2 aromatic carbocycles. The molecule has 0 spiro atoms. The zero-order valence-corrected chi connectivity index (χ0v) is 19.0. The van der Waals surface area contributed by atoms with Gasteiger partial charge in [0.05, 0.1) is 7.11 Å². The second-order valence-electron chi connectivity index (χ2n) is 5.81. The Labute approximate surface area is 190 Å². The Morgan fingerprint density at radius 1 is 1.10 bits per heavy atom. The van der Waals surface area contributed by atoms with E-state index in [9.17, 15) is 9.59 Å². The number of hydrogen-bond acceptors (Lipinski definition) is 4. The van der Waals surface area contributed by atoms with Gasteiger partial charge in [0.1, 0.15) is 10.6 Å². The van der Waals surface area contributed by atoms with Crippen LogP contribution >= 0.6 is 50.5 Å². The third kappa shape index (κ3) is 5.08. The highest BCUT2D eigenvalue weighted by Gasteiger charge is 2.22. The maximum Gasteiger partial charge on any atom is 0.341 e. The summed E-state index contributed by atoms with van der Waals surface area (Å²) in [4.78, 5) is 24.8. The first-order valence-electron chi connectivity index (χ1n) is 8.29. The number of hydrogen-bond donors (Lipinski definition) is 1. The number of carbonyl (C=O) groups is 2. The molecule has 0 unspecified atom stereocenters. The van der Waals surface area contributed by atoms with E-state index in [2.05, 4.69) is 21.2 Å². The van der Waals surface area contributed by atoms with Crippen molar-refractivity contribution in [1.82, 2.24) is 0 Å². The van der Waals surface area contributed by atoms with Crippen molar-refractivity contribution in [3.63, 3.8) is 0 Å². The number of anilines is 1. The van der Waals surface area contributed by atoms with Crippen molar-refractivity contribution in [2.24, 2.45) is 0 Å². The molecule has 8 heteroatoms. The van der Waals surface area contributed by atoms with Crippen LogP contribution in [0.1, 0.15) is 15.9 Å². The summed E-state index contributed by atoms with van der Waals surface area (Å²) in [5.74, 6) is -0.951. The van der Waals surface area contributed by atoms with Crippen LogP contribution in [0.15, 0.2) is 58.4 Å². The standard InChI is InChI=1S/C21H14BrCl2NO3S/c1-28-21(27)19-15(12-5-7-13(22)8-6-12)11-29-20(19)25-18(26)10-9-14-16(23)3-2-4-17(14)24/h2-11H,1H3,(H,25,26). The lowest BCUT2D eigenvalue weighted by Gasteiger charge is -2.07. The molecule has 0 bridgehead atoms. The summed E-state index contributed by atoms with van der Waals surface area (Å²) in [6.45, 7) is 0. The average molecular weight is 511 g/mol. The highest BCUT2D eigenvalue weighted by atomic mass is 79.9. The minimum absolute atomic E-state index is 0.303. The summed E-state index contributed by atoms with van der Waals surface area (Å²) in [7, 11) is 1.30. The average Bonchev–Trinajstić information content (AvgIpc) is 3.11. The van der Waals surface area contributed by atoms with Crippen LogP contribution in [0, 0.1) is 0 Å². The summed E-state index contributed by atoms with van der Waals surface area (Å²) in [6.07, 6.45) is 2.84. The largest absolute Gasteiger partial charge is 0.465 e. The number of rotatable bonds is 5. The molecule has 148 valence electrons. The highest BCUT2D eigenvalue weighted by molar-refractivity contribution is 9.10. The number of thiophene rings is 1. The number of halogens is 3. The fourth-order valence-corrected chi connectivity index (χ4v) is 4.33. The molecule has 0 aliphatic carbocycles. The predicted octanol–water partition coefficient (Wildman–Crippen LogP) is 6.92. The van der Waals surface area contributed by atoms with Gasteiger partial charge >= 0.3 is 5.97 Å². The maximum atomic E-state index is 12.4. The molecular weight excluding hydrogens is 497 g/mol. The van der Waals surface area contributed by atoms with E-state index in [4.69, 9.17) is 27.9 Å². The maximum absolute atomic E-state index is 12.4. The molecule has 0 aliphatic heterocycles. The Bertz CT molecular complexity index is 1070. The van der Waals surface area contributed by atoms with Gasteiger partial charge in [-0.15, -0.1) is 11.3 Å². The van der Waals surface area contributed by atoms with Crippen LogP contribution in [-0.2, 0) is 9.53 Å². The lowest BCUT2D eigenvalue weighted by Crippen LogP contribution is -2.11. The Morgan fingerprint density at radius 3 is 2.38 bits per heavy atom. The highest BCUT2D eigenvalue weighted by Crippen LogP contribution is 2.36. The monoisotopic (exact) mass is 509 g/mol. The van der Waals surface area contributed by atoms with Crippen LogP contribution in [-0.4, -0.2) is 19.0 Å². The van der Waals surface area contributed by atoms with Crippen molar-refractivity contribution in [2.75, 3.05) is 12.4 Å². The SMILES string of the molecule is COC(=O)c1c(-c2ccc(Br)cc2)csc1NC(=O)C=Cc1c(Cl)cccc1Cl. The molecule has 3 rings (SSSR count). The van der Waals surface area contributed by atoms with Gasteiger partial charge in [0, 0.05) is 37.1 Å². The van der Waals surface area contributed by atoms with Crippen molar-refractivity contribution in [1.29, 1.82) is 0 Å². The molecule has 0 atom stereocenters. The molecule has 1 aromatic heterocycles. The van der Waals surface area contributed by atoms with E-state index in [1.807, 2.05) is 24.3 Å². The van der Waals surface area contributed by atoms with Gasteiger partial charge in [0.25, 0.3) is 0 Å². The van der Waals surface area contributed by atoms with Gasteiger partial charge in [-0.05, 0) is 35.9 Å². The minimum atomic E-state index is -0.530. The second kappa shape index (κ2) is 9.59. The van der Waals surface area contributed by atoms with Crippen LogP contribution in [0.2, 0.25) is 10.0 Å². The summed E-state index contributed by atoms with van der Waals surface area (Å²) >= 11 is 16.9. The first kappa shape index (κ1) is 21.6. The summed E-state index contributed by atoms with van der Waals surface area (Å²) in [5, 5.41) is 5.81. The molecule has 29 heavy (non-hydrogen) atoms. The lowest BCUT2D eigenvalue weighted by molar-refractivity contribution is -0.111. The molecule has 1 amide bonds. The van der Waals surface area contributed by atoms with E-state index in [0.29, 0.717) is 31.7 Å². The van der Waals surface area contributed by atoms with Gasteiger partial charge in [-0.1, -0.05) is 57.3 Å². The van der Waals surface area contributed by atoms with Crippen molar-refractivity contribution < 1.29 is 14.3 Å². The normalized spacial score (nSPS) is 10.9. The van der Waals surface area contributed by atoms with E-state index in [1.54, 1.807) is 23.6 Å². The fraction of sp³-hybridized carbons (Fsp3) is 0.0476. The van der Waals surface area contributed by atoms with Crippen molar-refractivity contribution >= 4 is 73.4 Å². The lowest BCUT2D eigenvalue weighted by atomic mass is 10.0. The van der Waals surface area contributed by atoms with Crippen LogP contribution in [0.4, 0.5) is 5.00 Å². The Kier molecular flexibility index (Phi) is 7.14. The fourth-order valence-electron chi connectivity index (χ4n) is 2.58. The number of amides is 1. The molecule has 0 saturated carbocycles. The van der Waals surface area contributed by atoms with E-state index in [-0.39, 0.29) is 0 Å². The van der Waals surface area contributed by atoms with E-state index in [1.165, 1.54) is 30.6 Å². The van der Waals surface area contributed by atoms with Gasteiger partial charge < -0.3 is 10.1 Å². The van der Waals surface area contributed by atoms with Crippen LogP contribution in [0.5, 0.6) is 0 Å². The van der Waals surface area contributed by atoms with Crippen molar-refractivity contribution in [3.05, 3.63) is 79.6 Å². The van der Waals surface area contributed by atoms with E-state index >= 15 is 0 Å². The second-order valence-corrected chi connectivity index (χ2v) is 8.42. The zero-order valence-electron chi connectivity index (χ0n) is 15.0. The first-order valence-corrected chi connectivity index (χ1v) is 10.7. The Balaban J connectivity index is 1.89. The number of esters is 1. The third-order valence-corrected chi connectivity index (χ3v) is 6.06. The summed E-state index contributed by atoms with van der Waals surface area (Å²) in [6, 6.07) is 12.6. The van der Waals surface area contributed by atoms with Crippen molar-refractivity contribution in [2.45, 2.75) is 0 Å². The van der Waals surface area contributed by atoms with E-state index < -0.39 is 11.9 Å². The molecule has 0 radical (unpaired) electrons. The van der Waals surface area contributed by atoms with Crippen LogP contribution in [0.25, 0.3) is 17.2 Å². The number of ether oxygens (including phenoxy) is 1. The Hall–Kier alpha value is -2.12. The quantitative estimate of drug-likeness (QED) is 0.299. The topological polar surface area (TPSA) is 55.4 Å². The molecule has 1 N–H and O–H groups in total. The van der Waals surface area contributed by atoms with Crippen LogP contribution in [0.3, 0.4) is 0 Å². The first-order chi connectivity index (χ1) is 13.9. The molecule has 0 fully saturated rings. The third-order valence-electron chi connectivity index (χ3n) is 3.97. The summed E-state index contributed by atoms with van der Waals surface area (Å²) < 4.78 is 5.84. The number of nitrogens with one attached hydrogen (secondary N) is 1.